The highest BCUT2D eigenvalue weighted by molar-refractivity contribution is 6.30. The predicted octanol–water partition coefficient (Wildman–Crippen LogP) is 3.48. The summed E-state index contributed by atoms with van der Waals surface area (Å²) in [5.41, 5.74) is 7.66. The SMILES string of the molecule is CCC(N)C(c1cccc(Cl)c1)N1CCCC(COC)C1. The fraction of sp³-hybridized carbons (Fsp3) is 0.647. The Morgan fingerprint density at radius 2 is 2.29 bits per heavy atom. The van der Waals surface area contributed by atoms with E-state index in [-0.39, 0.29) is 12.1 Å². The van der Waals surface area contributed by atoms with Gasteiger partial charge in [0, 0.05) is 30.8 Å². The molecule has 2 rings (SSSR count). The third-order valence-corrected chi connectivity index (χ3v) is 4.65. The van der Waals surface area contributed by atoms with Gasteiger partial charge in [0.1, 0.15) is 0 Å². The predicted molar refractivity (Wildman–Crippen MR) is 88.6 cm³/mol. The Morgan fingerprint density at radius 1 is 1.48 bits per heavy atom. The molecular formula is C17H27ClN2O. The van der Waals surface area contributed by atoms with Crippen molar-refractivity contribution in [1.29, 1.82) is 0 Å². The van der Waals surface area contributed by atoms with Crippen LogP contribution in [-0.2, 0) is 4.74 Å². The van der Waals surface area contributed by atoms with E-state index in [9.17, 15) is 0 Å². The standard InChI is InChI=1S/C17H27ClN2O/c1-3-16(19)17(14-7-4-8-15(18)10-14)20-9-5-6-13(11-20)12-21-2/h4,7-8,10,13,16-17H,3,5-6,9,11-12,19H2,1-2H3. The Bertz CT molecular complexity index is 439. The summed E-state index contributed by atoms with van der Waals surface area (Å²) in [7, 11) is 1.78. The van der Waals surface area contributed by atoms with Gasteiger partial charge in [-0.1, -0.05) is 30.7 Å². The quantitative estimate of drug-likeness (QED) is 0.874. The van der Waals surface area contributed by atoms with Crippen LogP contribution in [0, 0.1) is 5.92 Å². The normalized spacial score (nSPS) is 23.0. The molecule has 4 heteroatoms. The summed E-state index contributed by atoms with van der Waals surface area (Å²) < 4.78 is 5.34. The highest BCUT2D eigenvalue weighted by Crippen LogP contribution is 2.31. The van der Waals surface area contributed by atoms with Crippen LogP contribution in [0.15, 0.2) is 24.3 Å². The molecule has 0 amide bonds. The smallest absolute Gasteiger partial charge is 0.0502 e. The van der Waals surface area contributed by atoms with E-state index in [0.29, 0.717) is 5.92 Å². The summed E-state index contributed by atoms with van der Waals surface area (Å²) in [6, 6.07) is 8.51. The van der Waals surface area contributed by atoms with Crippen molar-refractivity contribution in [3.05, 3.63) is 34.9 Å². The molecule has 0 saturated carbocycles. The highest BCUT2D eigenvalue weighted by Gasteiger charge is 2.30. The number of halogens is 1. The van der Waals surface area contributed by atoms with Gasteiger partial charge in [0.25, 0.3) is 0 Å². The number of benzene rings is 1. The van der Waals surface area contributed by atoms with Crippen LogP contribution in [0.25, 0.3) is 0 Å². The van der Waals surface area contributed by atoms with Gasteiger partial charge >= 0.3 is 0 Å². The molecule has 1 aromatic rings. The number of piperidine rings is 1. The van der Waals surface area contributed by atoms with Crippen LogP contribution in [0.1, 0.15) is 37.8 Å². The summed E-state index contributed by atoms with van der Waals surface area (Å²) in [5.74, 6) is 0.606. The zero-order valence-corrected chi connectivity index (χ0v) is 13.9. The molecule has 0 radical (unpaired) electrons. The number of hydrogen-bond donors (Lipinski definition) is 1. The van der Waals surface area contributed by atoms with E-state index in [2.05, 4.69) is 24.0 Å². The zero-order chi connectivity index (χ0) is 15.2. The third-order valence-electron chi connectivity index (χ3n) is 4.41. The van der Waals surface area contributed by atoms with Crippen LogP contribution >= 0.6 is 11.6 Å². The van der Waals surface area contributed by atoms with Gasteiger partial charge < -0.3 is 10.5 Å². The molecule has 0 bridgehead atoms. The molecule has 118 valence electrons. The number of hydrogen-bond acceptors (Lipinski definition) is 3. The lowest BCUT2D eigenvalue weighted by molar-refractivity contribution is 0.0597. The maximum absolute atomic E-state index is 6.43. The first kappa shape index (κ1) is 16.8. The molecule has 1 heterocycles. The first-order chi connectivity index (χ1) is 10.2. The van der Waals surface area contributed by atoms with E-state index >= 15 is 0 Å². The summed E-state index contributed by atoms with van der Waals surface area (Å²) in [6.45, 7) is 5.14. The molecule has 1 aliphatic rings. The number of ether oxygens (including phenoxy) is 1. The average Bonchev–Trinajstić information content (AvgIpc) is 2.48. The van der Waals surface area contributed by atoms with Crippen molar-refractivity contribution in [2.45, 2.75) is 38.3 Å². The maximum Gasteiger partial charge on any atom is 0.0502 e. The molecule has 0 spiro atoms. The van der Waals surface area contributed by atoms with E-state index in [1.807, 2.05) is 12.1 Å². The van der Waals surface area contributed by atoms with E-state index in [1.165, 1.54) is 18.4 Å². The Hall–Kier alpha value is -0.610. The minimum Gasteiger partial charge on any atom is -0.384 e. The molecule has 2 N–H and O–H groups in total. The minimum atomic E-state index is 0.129. The summed E-state index contributed by atoms with van der Waals surface area (Å²) in [4.78, 5) is 2.52. The minimum absolute atomic E-state index is 0.129. The van der Waals surface area contributed by atoms with E-state index in [0.717, 1.165) is 31.1 Å². The molecule has 1 fully saturated rings. The molecule has 0 aliphatic carbocycles. The van der Waals surface area contributed by atoms with Gasteiger partial charge in [0.2, 0.25) is 0 Å². The number of likely N-dealkylation sites (tertiary alicyclic amines) is 1. The largest absolute Gasteiger partial charge is 0.384 e. The van der Waals surface area contributed by atoms with Crippen LogP contribution in [0.2, 0.25) is 5.02 Å². The maximum atomic E-state index is 6.43. The van der Waals surface area contributed by atoms with Crippen LogP contribution in [0.4, 0.5) is 0 Å². The van der Waals surface area contributed by atoms with E-state index < -0.39 is 0 Å². The molecule has 0 aromatic heterocycles. The fourth-order valence-corrected chi connectivity index (χ4v) is 3.56. The number of nitrogens with two attached hydrogens (primary N) is 1. The second-order valence-corrected chi connectivity index (χ2v) is 6.47. The first-order valence-electron chi connectivity index (χ1n) is 7.89. The van der Waals surface area contributed by atoms with Crippen LogP contribution in [0.3, 0.4) is 0 Å². The average molecular weight is 311 g/mol. The number of methoxy groups -OCH3 is 1. The topological polar surface area (TPSA) is 38.5 Å². The second-order valence-electron chi connectivity index (χ2n) is 6.03. The molecule has 3 atom stereocenters. The summed E-state index contributed by atoms with van der Waals surface area (Å²) >= 11 is 6.17. The monoisotopic (exact) mass is 310 g/mol. The highest BCUT2D eigenvalue weighted by atomic mass is 35.5. The number of rotatable bonds is 6. The Labute approximate surface area is 133 Å². The van der Waals surface area contributed by atoms with Crippen molar-refractivity contribution in [2.75, 3.05) is 26.8 Å². The molecule has 1 aliphatic heterocycles. The van der Waals surface area contributed by atoms with Crippen molar-refractivity contribution in [3.8, 4) is 0 Å². The molecule has 3 unspecified atom stereocenters. The van der Waals surface area contributed by atoms with Gasteiger partial charge in [-0.05, 0) is 49.4 Å². The number of nitrogens with zero attached hydrogens (tertiary/aromatic N) is 1. The second kappa shape index (κ2) is 8.14. The van der Waals surface area contributed by atoms with Gasteiger partial charge in [-0.2, -0.15) is 0 Å². The van der Waals surface area contributed by atoms with Gasteiger partial charge in [0.15, 0.2) is 0 Å². The Kier molecular flexibility index (Phi) is 6.49. The van der Waals surface area contributed by atoms with Crippen LogP contribution in [0.5, 0.6) is 0 Å². The Morgan fingerprint density at radius 3 is 2.95 bits per heavy atom. The molecule has 21 heavy (non-hydrogen) atoms. The van der Waals surface area contributed by atoms with Crippen molar-refractivity contribution < 1.29 is 4.74 Å². The summed E-state index contributed by atoms with van der Waals surface area (Å²) in [6.07, 6.45) is 3.41. The van der Waals surface area contributed by atoms with Crippen LogP contribution < -0.4 is 5.73 Å². The summed E-state index contributed by atoms with van der Waals surface area (Å²) in [5, 5.41) is 0.784. The Balaban J connectivity index is 2.19. The zero-order valence-electron chi connectivity index (χ0n) is 13.1. The molecule has 3 nitrogen and oxygen atoms in total. The van der Waals surface area contributed by atoms with Gasteiger partial charge in [-0.25, -0.2) is 0 Å². The van der Waals surface area contributed by atoms with Crippen molar-refractivity contribution >= 4 is 11.6 Å². The first-order valence-corrected chi connectivity index (χ1v) is 8.27. The molecule has 1 aromatic carbocycles. The van der Waals surface area contributed by atoms with Gasteiger partial charge in [-0.3, -0.25) is 4.90 Å². The van der Waals surface area contributed by atoms with Crippen LogP contribution in [-0.4, -0.2) is 37.7 Å². The fourth-order valence-electron chi connectivity index (χ4n) is 3.36. The van der Waals surface area contributed by atoms with Crippen molar-refractivity contribution in [2.24, 2.45) is 11.7 Å². The lowest BCUT2D eigenvalue weighted by atomic mass is 9.91. The lowest BCUT2D eigenvalue weighted by Crippen LogP contribution is -2.46. The molecular weight excluding hydrogens is 284 g/mol. The van der Waals surface area contributed by atoms with Crippen molar-refractivity contribution in [1.82, 2.24) is 4.90 Å². The van der Waals surface area contributed by atoms with E-state index in [1.54, 1.807) is 7.11 Å². The van der Waals surface area contributed by atoms with Gasteiger partial charge in [-0.15, -0.1) is 0 Å². The van der Waals surface area contributed by atoms with E-state index in [4.69, 9.17) is 22.1 Å². The lowest BCUT2D eigenvalue weighted by Gasteiger charge is -2.41. The third kappa shape index (κ3) is 4.43. The molecule has 1 saturated heterocycles. The van der Waals surface area contributed by atoms with Gasteiger partial charge in [0.05, 0.1) is 6.61 Å². The van der Waals surface area contributed by atoms with Crippen molar-refractivity contribution in [3.63, 3.8) is 0 Å².